The summed E-state index contributed by atoms with van der Waals surface area (Å²) in [6.07, 6.45) is 9.27. The van der Waals surface area contributed by atoms with Gasteiger partial charge >= 0.3 is 0 Å². The molecule has 0 radical (unpaired) electrons. The third-order valence-corrected chi connectivity index (χ3v) is 5.40. The first-order chi connectivity index (χ1) is 10.2. The number of aromatic nitrogens is 2. The van der Waals surface area contributed by atoms with Crippen molar-refractivity contribution in [1.29, 1.82) is 0 Å². The van der Waals surface area contributed by atoms with E-state index in [1.807, 2.05) is 0 Å². The molecule has 2 N–H and O–H groups in total. The van der Waals surface area contributed by atoms with Gasteiger partial charge in [-0.05, 0) is 43.4 Å². The normalized spacial score (nSPS) is 21.8. The summed E-state index contributed by atoms with van der Waals surface area (Å²) in [5.41, 5.74) is 9.70. The first kappa shape index (κ1) is 13.3. The Balaban J connectivity index is 1.88. The number of benzene rings is 1. The molecule has 3 heteroatoms. The molecule has 4 rings (SSSR count). The second-order valence-corrected chi connectivity index (χ2v) is 7.19. The van der Waals surface area contributed by atoms with E-state index >= 15 is 0 Å². The predicted molar refractivity (Wildman–Crippen MR) is 86.3 cm³/mol. The molecular formula is C18H25N3. The summed E-state index contributed by atoms with van der Waals surface area (Å²) in [5.74, 6) is 1.34. The SMILES string of the molecule is CC1(c2nc3cc(CN)ccc3n2C2CC2)CCCCC1. The van der Waals surface area contributed by atoms with E-state index in [1.165, 1.54) is 61.9 Å². The second kappa shape index (κ2) is 4.84. The highest BCUT2D eigenvalue weighted by molar-refractivity contribution is 5.77. The Labute approximate surface area is 126 Å². The summed E-state index contributed by atoms with van der Waals surface area (Å²) in [4.78, 5) is 5.09. The molecule has 1 aromatic heterocycles. The summed E-state index contributed by atoms with van der Waals surface area (Å²) >= 11 is 0. The molecule has 2 fully saturated rings. The van der Waals surface area contributed by atoms with Crippen LogP contribution in [0.5, 0.6) is 0 Å². The van der Waals surface area contributed by atoms with Crippen LogP contribution >= 0.6 is 0 Å². The summed E-state index contributed by atoms with van der Waals surface area (Å²) in [7, 11) is 0. The molecule has 112 valence electrons. The van der Waals surface area contributed by atoms with Gasteiger partial charge in [0.1, 0.15) is 5.82 Å². The number of hydrogen-bond acceptors (Lipinski definition) is 2. The minimum absolute atomic E-state index is 0.267. The van der Waals surface area contributed by atoms with Crippen LogP contribution < -0.4 is 5.73 Å². The largest absolute Gasteiger partial charge is 0.326 e. The van der Waals surface area contributed by atoms with Crippen LogP contribution in [0.15, 0.2) is 18.2 Å². The quantitative estimate of drug-likeness (QED) is 0.923. The van der Waals surface area contributed by atoms with Gasteiger partial charge in [0.05, 0.1) is 11.0 Å². The monoisotopic (exact) mass is 283 g/mol. The van der Waals surface area contributed by atoms with Gasteiger partial charge in [-0.3, -0.25) is 0 Å². The molecule has 0 aliphatic heterocycles. The van der Waals surface area contributed by atoms with E-state index in [0.29, 0.717) is 12.6 Å². The zero-order valence-electron chi connectivity index (χ0n) is 12.9. The van der Waals surface area contributed by atoms with E-state index < -0.39 is 0 Å². The molecule has 21 heavy (non-hydrogen) atoms. The average molecular weight is 283 g/mol. The van der Waals surface area contributed by atoms with E-state index in [4.69, 9.17) is 10.7 Å². The molecule has 0 bridgehead atoms. The Kier molecular flexibility index (Phi) is 3.07. The number of rotatable bonds is 3. The van der Waals surface area contributed by atoms with E-state index in [9.17, 15) is 0 Å². The molecule has 0 amide bonds. The Morgan fingerprint density at radius 1 is 1.24 bits per heavy atom. The van der Waals surface area contributed by atoms with Crippen LogP contribution in [0.1, 0.15) is 69.3 Å². The van der Waals surface area contributed by atoms with Crippen LogP contribution in [0.3, 0.4) is 0 Å². The van der Waals surface area contributed by atoms with Crippen molar-refractivity contribution in [2.24, 2.45) is 5.73 Å². The lowest BCUT2D eigenvalue weighted by Gasteiger charge is -2.33. The lowest BCUT2D eigenvalue weighted by atomic mass is 9.75. The van der Waals surface area contributed by atoms with Gasteiger partial charge in [0.15, 0.2) is 0 Å². The maximum absolute atomic E-state index is 5.79. The highest BCUT2D eigenvalue weighted by atomic mass is 15.1. The molecule has 0 atom stereocenters. The maximum atomic E-state index is 5.79. The molecule has 2 aliphatic carbocycles. The van der Waals surface area contributed by atoms with E-state index in [2.05, 4.69) is 29.7 Å². The van der Waals surface area contributed by atoms with Crippen molar-refractivity contribution in [2.75, 3.05) is 0 Å². The number of imidazole rings is 1. The fourth-order valence-corrected chi connectivity index (χ4v) is 3.96. The molecule has 1 heterocycles. The van der Waals surface area contributed by atoms with Crippen molar-refractivity contribution >= 4 is 11.0 Å². The van der Waals surface area contributed by atoms with Gasteiger partial charge in [0.25, 0.3) is 0 Å². The van der Waals surface area contributed by atoms with Gasteiger partial charge in [-0.1, -0.05) is 32.3 Å². The second-order valence-electron chi connectivity index (χ2n) is 7.19. The first-order valence-corrected chi connectivity index (χ1v) is 8.43. The molecule has 2 saturated carbocycles. The molecule has 0 saturated heterocycles. The van der Waals surface area contributed by atoms with Gasteiger partial charge in [-0.15, -0.1) is 0 Å². The molecule has 2 aromatic rings. The minimum atomic E-state index is 0.267. The number of nitrogens with zero attached hydrogens (tertiary/aromatic N) is 2. The van der Waals surface area contributed by atoms with Gasteiger partial charge in [0, 0.05) is 18.0 Å². The van der Waals surface area contributed by atoms with Crippen molar-refractivity contribution in [1.82, 2.24) is 9.55 Å². The van der Waals surface area contributed by atoms with Crippen molar-refractivity contribution in [3.8, 4) is 0 Å². The van der Waals surface area contributed by atoms with Crippen LogP contribution in [-0.4, -0.2) is 9.55 Å². The Hall–Kier alpha value is -1.35. The van der Waals surface area contributed by atoms with Crippen LogP contribution in [0, 0.1) is 0 Å². The number of fused-ring (bicyclic) bond motifs is 1. The van der Waals surface area contributed by atoms with Crippen LogP contribution in [0.2, 0.25) is 0 Å². The van der Waals surface area contributed by atoms with Crippen molar-refractivity contribution in [2.45, 2.75) is 69.9 Å². The van der Waals surface area contributed by atoms with Gasteiger partial charge < -0.3 is 10.3 Å². The first-order valence-electron chi connectivity index (χ1n) is 8.43. The highest BCUT2D eigenvalue weighted by Crippen LogP contribution is 2.45. The molecule has 0 spiro atoms. The lowest BCUT2D eigenvalue weighted by molar-refractivity contribution is 0.295. The maximum Gasteiger partial charge on any atom is 0.116 e. The van der Waals surface area contributed by atoms with Crippen LogP contribution in [0.4, 0.5) is 0 Å². The number of hydrogen-bond donors (Lipinski definition) is 1. The zero-order chi connectivity index (χ0) is 14.4. The van der Waals surface area contributed by atoms with Gasteiger partial charge in [-0.25, -0.2) is 4.98 Å². The third-order valence-electron chi connectivity index (χ3n) is 5.40. The Bertz CT molecular complexity index is 660. The smallest absolute Gasteiger partial charge is 0.116 e. The highest BCUT2D eigenvalue weighted by Gasteiger charge is 2.38. The molecule has 1 aromatic carbocycles. The standard InChI is InChI=1S/C18H25N3/c1-18(9-3-2-4-10-18)17-20-15-11-13(12-19)5-8-16(15)21(17)14-6-7-14/h5,8,11,14H,2-4,6-7,9-10,12,19H2,1H3. The number of nitrogens with two attached hydrogens (primary N) is 1. The Morgan fingerprint density at radius 3 is 2.67 bits per heavy atom. The molecular weight excluding hydrogens is 258 g/mol. The predicted octanol–water partition coefficient (Wildman–Crippen LogP) is 4.05. The summed E-state index contributed by atoms with van der Waals surface area (Å²) in [5, 5.41) is 0. The molecule has 0 unspecified atom stereocenters. The van der Waals surface area contributed by atoms with Crippen molar-refractivity contribution < 1.29 is 0 Å². The van der Waals surface area contributed by atoms with Crippen molar-refractivity contribution in [3.63, 3.8) is 0 Å². The van der Waals surface area contributed by atoms with Crippen molar-refractivity contribution in [3.05, 3.63) is 29.6 Å². The van der Waals surface area contributed by atoms with E-state index in [-0.39, 0.29) is 5.41 Å². The van der Waals surface area contributed by atoms with E-state index in [1.54, 1.807) is 0 Å². The fraction of sp³-hybridized carbons (Fsp3) is 0.611. The molecule has 2 aliphatic rings. The summed E-state index contributed by atoms with van der Waals surface area (Å²) in [6.45, 7) is 3.02. The van der Waals surface area contributed by atoms with Crippen LogP contribution in [0.25, 0.3) is 11.0 Å². The van der Waals surface area contributed by atoms with Gasteiger partial charge in [0.2, 0.25) is 0 Å². The van der Waals surface area contributed by atoms with Crippen LogP contribution in [-0.2, 0) is 12.0 Å². The fourth-order valence-electron chi connectivity index (χ4n) is 3.96. The lowest BCUT2D eigenvalue weighted by Crippen LogP contribution is -2.29. The van der Waals surface area contributed by atoms with Gasteiger partial charge in [-0.2, -0.15) is 0 Å². The zero-order valence-corrected chi connectivity index (χ0v) is 12.9. The minimum Gasteiger partial charge on any atom is -0.326 e. The van der Waals surface area contributed by atoms with E-state index in [0.717, 1.165) is 5.52 Å². The average Bonchev–Trinajstić information content (AvgIpc) is 3.27. The topological polar surface area (TPSA) is 43.8 Å². The summed E-state index contributed by atoms with van der Waals surface area (Å²) in [6, 6.07) is 7.27. The summed E-state index contributed by atoms with van der Waals surface area (Å²) < 4.78 is 2.56. The Morgan fingerprint density at radius 2 is 2.00 bits per heavy atom. The third kappa shape index (κ3) is 2.18. The molecule has 3 nitrogen and oxygen atoms in total.